The average Bonchev–Trinajstić information content (AvgIpc) is 2.73. The molecular formula is C14H15F2NO. The number of aryl methyl sites for hydroxylation is 1. The highest BCUT2D eigenvalue weighted by Gasteiger charge is 2.20. The maximum Gasteiger partial charge on any atom is 0.131 e. The van der Waals surface area contributed by atoms with Crippen molar-refractivity contribution >= 4 is 0 Å². The van der Waals surface area contributed by atoms with Gasteiger partial charge in [0.1, 0.15) is 23.2 Å². The number of hydrogen-bond donors (Lipinski definition) is 1. The second-order valence-electron chi connectivity index (χ2n) is 4.10. The molecule has 0 saturated heterocycles. The quantitative estimate of drug-likeness (QED) is 0.898. The van der Waals surface area contributed by atoms with E-state index in [2.05, 4.69) is 5.32 Å². The van der Waals surface area contributed by atoms with Crippen molar-refractivity contribution < 1.29 is 13.2 Å². The van der Waals surface area contributed by atoms with Crippen molar-refractivity contribution in [3.05, 3.63) is 59.1 Å². The molecule has 1 aromatic carbocycles. The van der Waals surface area contributed by atoms with Gasteiger partial charge >= 0.3 is 0 Å². The fraction of sp³-hybridized carbons (Fsp3) is 0.286. The lowest BCUT2D eigenvalue weighted by atomic mass is 10.0. The molecule has 0 aliphatic heterocycles. The van der Waals surface area contributed by atoms with Gasteiger partial charge in [0.05, 0.1) is 6.04 Å². The van der Waals surface area contributed by atoms with Gasteiger partial charge in [0.25, 0.3) is 0 Å². The van der Waals surface area contributed by atoms with Crippen LogP contribution in [0.1, 0.15) is 30.0 Å². The molecule has 4 heteroatoms. The van der Waals surface area contributed by atoms with Gasteiger partial charge in [0.2, 0.25) is 0 Å². The highest BCUT2D eigenvalue weighted by molar-refractivity contribution is 5.29. The molecule has 0 amide bonds. The van der Waals surface area contributed by atoms with E-state index in [1.807, 2.05) is 19.9 Å². The predicted octanol–water partition coefficient (Wildman–Crippen LogP) is 3.57. The van der Waals surface area contributed by atoms with Crippen LogP contribution in [0.4, 0.5) is 8.78 Å². The molecule has 2 aromatic rings. The molecule has 18 heavy (non-hydrogen) atoms. The minimum atomic E-state index is -0.581. The van der Waals surface area contributed by atoms with Crippen LogP contribution in [0.15, 0.2) is 34.7 Å². The molecule has 0 aliphatic rings. The van der Waals surface area contributed by atoms with Gasteiger partial charge in [-0.1, -0.05) is 13.0 Å². The zero-order valence-electron chi connectivity index (χ0n) is 10.3. The van der Waals surface area contributed by atoms with Crippen molar-refractivity contribution in [3.63, 3.8) is 0 Å². The molecule has 0 spiro atoms. The zero-order valence-corrected chi connectivity index (χ0v) is 10.3. The largest absolute Gasteiger partial charge is 0.464 e. The Labute approximate surface area is 105 Å². The van der Waals surface area contributed by atoms with E-state index < -0.39 is 17.7 Å². The maximum atomic E-state index is 13.8. The van der Waals surface area contributed by atoms with Crippen LogP contribution in [0.5, 0.6) is 0 Å². The summed E-state index contributed by atoms with van der Waals surface area (Å²) in [6, 6.07) is 6.79. The molecule has 96 valence electrons. The fourth-order valence-corrected chi connectivity index (χ4v) is 1.91. The summed E-state index contributed by atoms with van der Waals surface area (Å²) in [4.78, 5) is 0. The summed E-state index contributed by atoms with van der Waals surface area (Å²) in [7, 11) is 0. The van der Waals surface area contributed by atoms with Crippen LogP contribution in [0, 0.1) is 18.6 Å². The molecule has 0 saturated carbocycles. The van der Waals surface area contributed by atoms with E-state index in [0.717, 1.165) is 11.8 Å². The minimum absolute atomic E-state index is 0.382. The van der Waals surface area contributed by atoms with E-state index >= 15 is 0 Å². The summed E-state index contributed by atoms with van der Waals surface area (Å²) < 4.78 is 32.2. The Morgan fingerprint density at radius 1 is 1.22 bits per heavy atom. The number of benzene rings is 1. The Balaban J connectivity index is 2.41. The van der Waals surface area contributed by atoms with Crippen LogP contribution in [0.2, 0.25) is 0 Å². The first-order valence-electron chi connectivity index (χ1n) is 5.86. The number of hydrogen-bond acceptors (Lipinski definition) is 2. The smallest absolute Gasteiger partial charge is 0.131 e. The molecule has 1 heterocycles. The first kappa shape index (κ1) is 12.8. The zero-order chi connectivity index (χ0) is 13.1. The van der Waals surface area contributed by atoms with Gasteiger partial charge in [-0.2, -0.15) is 0 Å². The van der Waals surface area contributed by atoms with Crippen molar-refractivity contribution in [2.24, 2.45) is 0 Å². The average molecular weight is 251 g/mol. The third kappa shape index (κ3) is 2.59. The second kappa shape index (κ2) is 5.31. The van der Waals surface area contributed by atoms with Crippen molar-refractivity contribution in [1.82, 2.24) is 5.32 Å². The number of rotatable bonds is 4. The Hall–Kier alpha value is -1.68. The lowest BCUT2D eigenvalue weighted by molar-refractivity contribution is 0.425. The normalized spacial score (nSPS) is 12.7. The van der Waals surface area contributed by atoms with E-state index in [1.54, 1.807) is 6.07 Å². The molecule has 0 fully saturated rings. The molecular weight excluding hydrogens is 236 g/mol. The fourth-order valence-electron chi connectivity index (χ4n) is 1.91. The van der Waals surface area contributed by atoms with Crippen LogP contribution in [-0.4, -0.2) is 6.54 Å². The van der Waals surface area contributed by atoms with Gasteiger partial charge in [0, 0.05) is 11.6 Å². The molecule has 2 rings (SSSR count). The van der Waals surface area contributed by atoms with Crippen LogP contribution in [0.3, 0.4) is 0 Å². The van der Waals surface area contributed by atoms with Gasteiger partial charge in [-0.25, -0.2) is 8.78 Å². The Morgan fingerprint density at radius 3 is 2.56 bits per heavy atom. The van der Waals surface area contributed by atoms with Crippen LogP contribution < -0.4 is 5.32 Å². The summed E-state index contributed by atoms with van der Waals surface area (Å²) in [6.07, 6.45) is 0. The van der Waals surface area contributed by atoms with Crippen LogP contribution in [0.25, 0.3) is 0 Å². The molecule has 0 radical (unpaired) electrons. The topological polar surface area (TPSA) is 25.2 Å². The van der Waals surface area contributed by atoms with Gasteiger partial charge in [-0.05, 0) is 31.7 Å². The molecule has 1 N–H and O–H groups in total. The van der Waals surface area contributed by atoms with Crippen molar-refractivity contribution in [2.75, 3.05) is 6.54 Å². The Morgan fingerprint density at radius 2 is 2.00 bits per heavy atom. The lowest BCUT2D eigenvalue weighted by Crippen LogP contribution is -2.22. The van der Waals surface area contributed by atoms with E-state index in [4.69, 9.17) is 4.42 Å². The second-order valence-corrected chi connectivity index (χ2v) is 4.10. The summed E-state index contributed by atoms with van der Waals surface area (Å²) in [5.74, 6) is 0.229. The highest BCUT2D eigenvalue weighted by Crippen LogP contribution is 2.26. The summed E-state index contributed by atoms with van der Waals surface area (Å²) in [5, 5.41) is 3.13. The van der Waals surface area contributed by atoms with E-state index in [9.17, 15) is 8.78 Å². The number of furan rings is 1. The standard InChI is InChI=1S/C14H15F2NO/c1-3-17-14(13-7-4-9(2)18-13)11-6-5-10(15)8-12(11)16/h4-8,14,17H,3H2,1-2H3. The van der Waals surface area contributed by atoms with Crippen molar-refractivity contribution in [1.29, 1.82) is 0 Å². The Kier molecular flexibility index (Phi) is 3.77. The third-order valence-electron chi connectivity index (χ3n) is 2.73. The van der Waals surface area contributed by atoms with E-state index in [-0.39, 0.29) is 0 Å². The van der Waals surface area contributed by atoms with Crippen molar-refractivity contribution in [2.45, 2.75) is 19.9 Å². The van der Waals surface area contributed by atoms with Crippen molar-refractivity contribution in [3.8, 4) is 0 Å². The maximum absolute atomic E-state index is 13.8. The molecule has 1 aromatic heterocycles. The Bertz CT molecular complexity index is 536. The summed E-state index contributed by atoms with van der Waals surface area (Å²) >= 11 is 0. The predicted molar refractivity (Wildman–Crippen MR) is 65.3 cm³/mol. The van der Waals surface area contributed by atoms with E-state index in [1.165, 1.54) is 12.1 Å². The van der Waals surface area contributed by atoms with Gasteiger partial charge in [-0.15, -0.1) is 0 Å². The number of nitrogens with one attached hydrogen (secondary N) is 1. The van der Waals surface area contributed by atoms with Gasteiger partial charge < -0.3 is 9.73 Å². The third-order valence-corrected chi connectivity index (χ3v) is 2.73. The summed E-state index contributed by atoms with van der Waals surface area (Å²) in [5.41, 5.74) is 0.382. The molecule has 1 unspecified atom stereocenters. The van der Waals surface area contributed by atoms with Gasteiger partial charge in [0.15, 0.2) is 0 Å². The first-order chi connectivity index (χ1) is 8.61. The van der Waals surface area contributed by atoms with Gasteiger partial charge in [-0.3, -0.25) is 0 Å². The monoisotopic (exact) mass is 251 g/mol. The molecule has 2 nitrogen and oxygen atoms in total. The lowest BCUT2D eigenvalue weighted by Gasteiger charge is -2.16. The SMILES string of the molecule is CCNC(c1ccc(C)o1)c1ccc(F)cc1F. The summed E-state index contributed by atoms with van der Waals surface area (Å²) in [6.45, 7) is 4.40. The number of halogens is 2. The highest BCUT2D eigenvalue weighted by atomic mass is 19.1. The molecule has 1 atom stereocenters. The first-order valence-corrected chi connectivity index (χ1v) is 5.86. The van der Waals surface area contributed by atoms with Crippen LogP contribution in [-0.2, 0) is 0 Å². The van der Waals surface area contributed by atoms with Crippen LogP contribution >= 0.6 is 0 Å². The molecule has 0 bridgehead atoms. The minimum Gasteiger partial charge on any atom is -0.464 e. The van der Waals surface area contributed by atoms with E-state index in [0.29, 0.717) is 17.9 Å². The molecule has 0 aliphatic carbocycles.